The molecular weight excluding hydrogens is 421 g/mol. The number of halogens is 3. The molecule has 11 heteroatoms. The van der Waals surface area contributed by atoms with E-state index in [1.165, 1.54) is 30.1 Å². The summed E-state index contributed by atoms with van der Waals surface area (Å²) in [5.41, 5.74) is 0.774. The maximum atomic E-state index is 14.6. The number of methoxy groups -OCH3 is 1. The van der Waals surface area contributed by atoms with Crippen LogP contribution < -0.4 is 5.32 Å². The summed E-state index contributed by atoms with van der Waals surface area (Å²) < 4.78 is 46.7. The largest absolute Gasteiger partial charge is 0.467 e. The summed E-state index contributed by atoms with van der Waals surface area (Å²) in [7, 11) is 1.22. The zero-order chi connectivity index (χ0) is 21.8. The molecule has 0 bridgehead atoms. The normalized spacial score (nSPS) is 16.7. The molecular formula is C19H21F3N4O3S. The number of nitrogens with one attached hydrogen (secondary N) is 2. The van der Waals surface area contributed by atoms with Crippen LogP contribution in [0.4, 0.5) is 18.0 Å². The second-order valence-corrected chi connectivity index (χ2v) is 7.67. The summed E-state index contributed by atoms with van der Waals surface area (Å²) >= 11 is 1.50. The number of esters is 1. The number of hydrogen-bond acceptors (Lipinski definition) is 5. The maximum Gasteiger partial charge on any atom is 0.328 e. The van der Waals surface area contributed by atoms with Crippen LogP contribution in [-0.4, -0.2) is 58.6 Å². The van der Waals surface area contributed by atoms with Gasteiger partial charge in [0.05, 0.1) is 19.1 Å². The Morgan fingerprint density at radius 1 is 1.37 bits per heavy atom. The van der Waals surface area contributed by atoms with E-state index in [1.807, 2.05) is 6.26 Å². The highest BCUT2D eigenvalue weighted by molar-refractivity contribution is 7.98. The van der Waals surface area contributed by atoms with Crippen molar-refractivity contribution < 1.29 is 27.5 Å². The number of nitrogens with zero attached hydrogens (tertiary/aromatic N) is 2. The number of benzene rings is 1. The van der Waals surface area contributed by atoms with Gasteiger partial charge in [-0.15, -0.1) is 0 Å². The van der Waals surface area contributed by atoms with Crippen molar-refractivity contribution in [1.29, 1.82) is 0 Å². The number of carbonyl (C=O) groups excluding carboxylic acids is 2. The Balaban J connectivity index is 1.95. The lowest BCUT2D eigenvalue weighted by atomic mass is 9.95. The van der Waals surface area contributed by atoms with Gasteiger partial charge in [-0.1, -0.05) is 6.07 Å². The number of fused-ring (bicyclic) bond motifs is 1. The number of aromatic amines is 1. The lowest BCUT2D eigenvalue weighted by molar-refractivity contribution is -0.142. The molecule has 1 aromatic carbocycles. The lowest BCUT2D eigenvalue weighted by Crippen LogP contribution is -2.51. The van der Waals surface area contributed by atoms with Gasteiger partial charge in [-0.25, -0.2) is 27.7 Å². The van der Waals surface area contributed by atoms with Crippen LogP contribution in [0.15, 0.2) is 18.5 Å². The fraction of sp³-hybridized carbons (Fsp3) is 0.421. The molecule has 7 nitrogen and oxygen atoms in total. The quantitative estimate of drug-likeness (QED) is 0.531. The highest BCUT2D eigenvalue weighted by Gasteiger charge is 2.38. The minimum atomic E-state index is -1.62. The topological polar surface area (TPSA) is 87.3 Å². The second kappa shape index (κ2) is 9.41. The Kier molecular flexibility index (Phi) is 6.91. The molecule has 1 aliphatic heterocycles. The van der Waals surface area contributed by atoms with Gasteiger partial charge >= 0.3 is 12.0 Å². The number of imidazole rings is 1. The zero-order valence-electron chi connectivity index (χ0n) is 16.4. The first-order valence-electron chi connectivity index (χ1n) is 9.18. The Hall–Kier alpha value is -2.69. The van der Waals surface area contributed by atoms with Gasteiger partial charge in [0.2, 0.25) is 0 Å². The molecule has 0 fully saturated rings. The molecule has 30 heavy (non-hydrogen) atoms. The lowest BCUT2D eigenvalue weighted by Gasteiger charge is -2.36. The molecule has 2 amide bonds. The molecule has 0 radical (unpaired) electrons. The van der Waals surface area contributed by atoms with Gasteiger partial charge in [-0.3, -0.25) is 0 Å². The third-order valence-electron chi connectivity index (χ3n) is 4.94. The van der Waals surface area contributed by atoms with E-state index in [0.717, 1.165) is 12.1 Å². The number of aromatic nitrogens is 2. The van der Waals surface area contributed by atoms with Crippen molar-refractivity contribution in [3.8, 4) is 0 Å². The number of amides is 2. The number of H-pyrrole nitrogens is 1. The number of urea groups is 1. The number of carbonyl (C=O) groups is 2. The Labute approximate surface area is 175 Å². The van der Waals surface area contributed by atoms with Gasteiger partial charge in [-0.2, -0.15) is 11.8 Å². The molecule has 1 aliphatic rings. The summed E-state index contributed by atoms with van der Waals surface area (Å²) in [6, 6.07) is -0.747. The van der Waals surface area contributed by atoms with E-state index in [2.05, 4.69) is 15.3 Å². The van der Waals surface area contributed by atoms with Crippen LogP contribution in [-0.2, 0) is 16.0 Å². The second-order valence-electron chi connectivity index (χ2n) is 6.68. The molecule has 2 heterocycles. The van der Waals surface area contributed by atoms with E-state index in [9.17, 15) is 22.8 Å². The fourth-order valence-electron chi connectivity index (χ4n) is 3.42. The zero-order valence-corrected chi connectivity index (χ0v) is 17.2. The highest BCUT2D eigenvalue weighted by atomic mass is 32.2. The molecule has 0 spiro atoms. The van der Waals surface area contributed by atoms with E-state index >= 15 is 0 Å². The van der Waals surface area contributed by atoms with Crippen LogP contribution in [0.5, 0.6) is 0 Å². The highest BCUT2D eigenvalue weighted by Crippen LogP contribution is 2.35. The van der Waals surface area contributed by atoms with E-state index in [4.69, 9.17) is 4.74 Å². The standard InChI is InChI=1S/C19H21F3N4O3S/c1-29-18(27)13(6-8-30-2)25-19(28)26-7-5-12-16(24-9-23-12)17(26)10-3-4-11(20)15(22)14(10)21/h3-4,9,13,17H,5-8H2,1-2H3,(H,23,24)(H,25,28)/t13-,17-/m1/s1. The van der Waals surface area contributed by atoms with Gasteiger partial charge in [0.15, 0.2) is 17.5 Å². The first-order chi connectivity index (χ1) is 14.4. The number of ether oxygens (including phenoxy) is 1. The third kappa shape index (κ3) is 4.25. The van der Waals surface area contributed by atoms with E-state index < -0.39 is 41.5 Å². The number of rotatable bonds is 6. The summed E-state index contributed by atoms with van der Waals surface area (Å²) in [5, 5.41) is 2.61. The van der Waals surface area contributed by atoms with Crippen molar-refractivity contribution in [3.05, 3.63) is 52.9 Å². The van der Waals surface area contributed by atoms with Crippen molar-refractivity contribution in [2.45, 2.75) is 24.9 Å². The van der Waals surface area contributed by atoms with Gasteiger partial charge < -0.3 is 19.9 Å². The van der Waals surface area contributed by atoms with Gasteiger partial charge in [0.1, 0.15) is 12.1 Å². The molecule has 1 aromatic heterocycles. The van der Waals surface area contributed by atoms with Crippen molar-refractivity contribution in [3.63, 3.8) is 0 Å². The molecule has 2 N–H and O–H groups in total. The summed E-state index contributed by atoms with van der Waals surface area (Å²) in [6.45, 7) is 0.153. The van der Waals surface area contributed by atoms with Crippen LogP contribution in [0, 0.1) is 17.5 Å². The Bertz CT molecular complexity index is 940. The first kappa shape index (κ1) is 22.0. The third-order valence-corrected chi connectivity index (χ3v) is 5.58. The molecule has 162 valence electrons. The molecule has 2 aromatic rings. The Morgan fingerprint density at radius 3 is 2.83 bits per heavy atom. The van der Waals surface area contributed by atoms with Crippen LogP contribution in [0.25, 0.3) is 0 Å². The smallest absolute Gasteiger partial charge is 0.328 e. The molecule has 0 saturated carbocycles. The molecule has 2 atom stereocenters. The maximum absolute atomic E-state index is 14.6. The van der Waals surface area contributed by atoms with E-state index in [-0.39, 0.29) is 12.1 Å². The SMILES string of the molecule is COC(=O)[C@@H](CCSC)NC(=O)N1CCc2[nH]cnc2[C@H]1c1ccc(F)c(F)c1F. The summed E-state index contributed by atoms with van der Waals surface area (Å²) in [5.74, 6) is -4.34. The molecule has 0 saturated heterocycles. The average Bonchev–Trinajstić information content (AvgIpc) is 3.23. The van der Waals surface area contributed by atoms with E-state index in [1.54, 1.807) is 0 Å². The minimum Gasteiger partial charge on any atom is -0.467 e. The van der Waals surface area contributed by atoms with Crippen molar-refractivity contribution in [1.82, 2.24) is 20.2 Å². The van der Waals surface area contributed by atoms with Crippen LogP contribution in [0.2, 0.25) is 0 Å². The average molecular weight is 442 g/mol. The summed E-state index contributed by atoms with van der Waals surface area (Å²) in [6.07, 6.45) is 4.00. The molecule has 3 rings (SSSR count). The number of thioether (sulfide) groups is 1. The predicted octanol–water partition coefficient (Wildman–Crippen LogP) is 2.78. The Morgan fingerprint density at radius 2 is 2.13 bits per heavy atom. The predicted molar refractivity (Wildman–Crippen MR) is 104 cm³/mol. The van der Waals surface area contributed by atoms with Gasteiger partial charge in [0, 0.05) is 24.2 Å². The minimum absolute atomic E-state index is 0.153. The molecule has 0 unspecified atom stereocenters. The summed E-state index contributed by atoms with van der Waals surface area (Å²) in [4.78, 5) is 33.4. The monoisotopic (exact) mass is 442 g/mol. The fourth-order valence-corrected chi connectivity index (χ4v) is 3.89. The van der Waals surface area contributed by atoms with Crippen LogP contribution in [0.1, 0.15) is 29.4 Å². The molecule has 0 aliphatic carbocycles. The van der Waals surface area contributed by atoms with Gasteiger partial charge in [-0.05, 0) is 24.5 Å². The first-order valence-corrected chi connectivity index (χ1v) is 10.6. The van der Waals surface area contributed by atoms with Crippen molar-refractivity contribution in [2.24, 2.45) is 0 Å². The van der Waals surface area contributed by atoms with Crippen LogP contribution in [0.3, 0.4) is 0 Å². The number of hydrogen-bond donors (Lipinski definition) is 2. The van der Waals surface area contributed by atoms with Gasteiger partial charge in [0.25, 0.3) is 0 Å². The van der Waals surface area contributed by atoms with Crippen molar-refractivity contribution in [2.75, 3.05) is 25.7 Å². The van der Waals surface area contributed by atoms with E-state index in [0.29, 0.717) is 30.0 Å². The van der Waals surface area contributed by atoms with Crippen molar-refractivity contribution >= 4 is 23.8 Å². The van der Waals surface area contributed by atoms with Crippen LogP contribution >= 0.6 is 11.8 Å².